The van der Waals surface area contributed by atoms with Gasteiger partial charge >= 0.3 is 5.97 Å². The number of carbonyl (C=O) groups is 1. The molecule has 1 heterocycles. The lowest BCUT2D eigenvalue weighted by atomic mass is 9.88. The third kappa shape index (κ3) is 7.51. The lowest BCUT2D eigenvalue weighted by molar-refractivity contribution is 0.0734. The number of likely N-dealkylation sites (tertiary alicyclic amines) is 1. The highest BCUT2D eigenvalue weighted by Crippen LogP contribution is 2.35. The minimum Gasteiger partial charge on any atom is -0.491 e. The number of ether oxygens (including phenoxy) is 2. The Labute approximate surface area is 242 Å². The normalized spacial score (nSPS) is 14.8. The zero-order valence-electron chi connectivity index (χ0n) is 23.5. The minimum absolute atomic E-state index is 0.270. The van der Waals surface area contributed by atoms with Crippen LogP contribution in [0, 0.1) is 0 Å². The summed E-state index contributed by atoms with van der Waals surface area (Å²) in [6, 6.07) is 35.1. The first-order valence-corrected chi connectivity index (χ1v) is 14.4. The molecule has 0 aromatic heterocycles. The molecule has 0 saturated carbocycles. The maximum Gasteiger partial charge on any atom is 0.343 e. The predicted octanol–water partition coefficient (Wildman–Crippen LogP) is 7.11. The van der Waals surface area contributed by atoms with Gasteiger partial charge in [-0.05, 0) is 96.6 Å². The molecule has 0 amide bonds. The first-order chi connectivity index (χ1) is 20.1. The third-order valence-electron chi connectivity index (χ3n) is 7.39. The minimum atomic E-state index is -0.512. The number of hydrogen-bond donors (Lipinski definition) is 1. The van der Waals surface area contributed by atoms with Crippen LogP contribution in [0.3, 0.4) is 0 Å². The highest BCUT2D eigenvalue weighted by atomic mass is 16.5. The summed E-state index contributed by atoms with van der Waals surface area (Å²) in [7, 11) is 0. The second-order valence-corrected chi connectivity index (χ2v) is 10.3. The van der Waals surface area contributed by atoms with Crippen molar-refractivity contribution >= 4 is 17.1 Å². The number of benzene rings is 4. The first-order valence-electron chi connectivity index (χ1n) is 14.4. The molecule has 4 aromatic rings. The van der Waals surface area contributed by atoms with E-state index in [2.05, 4.69) is 48.2 Å². The third-order valence-corrected chi connectivity index (χ3v) is 7.39. The molecule has 0 aliphatic carbocycles. The van der Waals surface area contributed by atoms with Crippen LogP contribution < -0.4 is 9.47 Å². The van der Waals surface area contributed by atoms with E-state index in [0.717, 1.165) is 47.5 Å². The van der Waals surface area contributed by atoms with E-state index in [9.17, 15) is 9.90 Å². The molecule has 5 nitrogen and oxygen atoms in total. The number of rotatable bonds is 11. The summed E-state index contributed by atoms with van der Waals surface area (Å²) in [5.41, 5.74) is 6.09. The van der Waals surface area contributed by atoms with Crippen LogP contribution >= 0.6 is 0 Å². The van der Waals surface area contributed by atoms with Gasteiger partial charge in [-0.2, -0.15) is 0 Å². The van der Waals surface area contributed by atoms with Crippen molar-refractivity contribution < 1.29 is 19.4 Å². The molecule has 1 aliphatic rings. The van der Waals surface area contributed by atoms with Gasteiger partial charge in [0, 0.05) is 6.54 Å². The van der Waals surface area contributed by atoms with Crippen LogP contribution in [-0.4, -0.2) is 48.3 Å². The molecule has 0 bridgehead atoms. The molecule has 1 N–H and O–H groups in total. The molecule has 0 radical (unpaired) electrons. The number of esters is 1. The van der Waals surface area contributed by atoms with Gasteiger partial charge in [0.05, 0.1) is 5.56 Å². The molecular weight excluding hydrogens is 510 g/mol. The molecule has 1 atom stereocenters. The molecule has 1 aliphatic heterocycles. The molecular formula is C36H37NO4. The largest absolute Gasteiger partial charge is 0.491 e. The Bertz CT molecular complexity index is 1420. The SMILES string of the molecule is CC/C(=C(/c1ccc(OCC(O)CN2CCCC2)cc1)c1ccc(OC(=O)c2ccccc2)cc1)c1ccccc1. The van der Waals surface area contributed by atoms with Crippen LogP contribution in [-0.2, 0) is 0 Å². The fourth-order valence-electron chi connectivity index (χ4n) is 5.34. The molecule has 1 fully saturated rings. The zero-order chi connectivity index (χ0) is 28.4. The number of nitrogens with zero attached hydrogens (tertiary/aromatic N) is 1. The van der Waals surface area contributed by atoms with Gasteiger partial charge in [0.1, 0.15) is 24.2 Å². The van der Waals surface area contributed by atoms with E-state index in [1.165, 1.54) is 18.4 Å². The summed E-state index contributed by atoms with van der Waals surface area (Å²) >= 11 is 0. The van der Waals surface area contributed by atoms with Crippen molar-refractivity contribution in [2.75, 3.05) is 26.2 Å². The summed E-state index contributed by atoms with van der Waals surface area (Å²) in [5.74, 6) is 0.847. The molecule has 1 saturated heterocycles. The maximum atomic E-state index is 12.5. The van der Waals surface area contributed by atoms with E-state index in [0.29, 0.717) is 17.9 Å². The van der Waals surface area contributed by atoms with Crippen LogP contribution in [0.1, 0.15) is 53.2 Å². The van der Waals surface area contributed by atoms with Gasteiger partial charge in [-0.3, -0.25) is 0 Å². The van der Waals surface area contributed by atoms with Gasteiger partial charge in [-0.25, -0.2) is 4.79 Å². The number of aliphatic hydroxyl groups excluding tert-OH is 1. The number of hydrogen-bond acceptors (Lipinski definition) is 5. The number of allylic oxidation sites excluding steroid dienone is 1. The van der Waals surface area contributed by atoms with Crippen molar-refractivity contribution in [2.24, 2.45) is 0 Å². The Hall–Kier alpha value is -4.19. The van der Waals surface area contributed by atoms with Crippen molar-refractivity contribution in [1.29, 1.82) is 0 Å². The summed E-state index contributed by atoms with van der Waals surface area (Å²) in [4.78, 5) is 14.8. The van der Waals surface area contributed by atoms with Crippen molar-refractivity contribution in [1.82, 2.24) is 4.90 Å². The molecule has 1 unspecified atom stereocenters. The molecule has 41 heavy (non-hydrogen) atoms. The van der Waals surface area contributed by atoms with Crippen LogP contribution in [0.15, 0.2) is 109 Å². The Morgan fingerprint density at radius 1 is 0.732 bits per heavy atom. The van der Waals surface area contributed by atoms with Crippen molar-refractivity contribution in [3.8, 4) is 11.5 Å². The first kappa shape index (κ1) is 28.3. The quantitative estimate of drug-likeness (QED) is 0.123. The average Bonchev–Trinajstić information content (AvgIpc) is 3.53. The average molecular weight is 548 g/mol. The van der Waals surface area contributed by atoms with Crippen LogP contribution in [0.25, 0.3) is 11.1 Å². The fraction of sp³-hybridized carbons (Fsp3) is 0.250. The van der Waals surface area contributed by atoms with Crippen molar-refractivity contribution in [3.63, 3.8) is 0 Å². The van der Waals surface area contributed by atoms with E-state index < -0.39 is 6.10 Å². The Kier molecular flexibility index (Phi) is 9.63. The maximum absolute atomic E-state index is 12.5. The summed E-state index contributed by atoms with van der Waals surface area (Å²) in [5, 5.41) is 10.4. The van der Waals surface area contributed by atoms with E-state index in [-0.39, 0.29) is 12.6 Å². The summed E-state index contributed by atoms with van der Waals surface area (Å²) in [6.07, 6.45) is 2.73. The van der Waals surface area contributed by atoms with E-state index in [4.69, 9.17) is 9.47 Å². The van der Waals surface area contributed by atoms with Crippen LogP contribution in [0.4, 0.5) is 0 Å². The molecule has 5 heteroatoms. The summed E-state index contributed by atoms with van der Waals surface area (Å²) in [6.45, 7) is 5.19. The Balaban J connectivity index is 1.37. The van der Waals surface area contributed by atoms with E-state index >= 15 is 0 Å². The van der Waals surface area contributed by atoms with Gasteiger partial charge in [0.25, 0.3) is 0 Å². The van der Waals surface area contributed by atoms with E-state index in [1.54, 1.807) is 12.1 Å². The molecule has 5 rings (SSSR count). The van der Waals surface area contributed by atoms with Gasteiger partial charge < -0.3 is 19.5 Å². The van der Waals surface area contributed by atoms with Crippen LogP contribution in [0.5, 0.6) is 11.5 Å². The lowest BCUT2D eigenvalue weighted by Crippen LogP contribution is -2.33. The highest BCUT2D eigenvalue weighted by molar-refractivity contribution is 5.98. The Morgan fingerprint density at radius 2 is 1.27 bits per heavy atom. The van der Waals surface area contributed by atoms with Gasteiger partial charge in [-0.15, -0.1) is 0 Å². The number of β-amino-alcohol motifs (C(OH)–C–C–N with tert-alkyl or cyclic N) is 1. The van der Waals surface area contributed by atoms with Crippen molar-refractivity contribution in [2.45, 2.75) is 32.3 Å². The lowest BCUT2D eigenvalue weighted by Gasteiger charge is -2.20. The Morgan fingerprint density at radius 3 is 1.83 bits per heavy atom. The highest BCUT2D eigenvalue weighted by Gasteiger charge is 2.17. The van der Waals surface area contributed by atoms with E-state index in [1.807, 2.05) is 60.7 Å². The second-order valence-electron chi connectivity index (χ2n) is 10.3. The van der Waals surface area contributed by atoms with Gasteiger partial charge in [0.15, 0.2) is 0 Å². The topological polar surface area (TPSA) is 59.0 Å². The molecule has 0 spiro atoms. The number of aliphatic hydroxyl groups is 1. The second kappa shape index (κ2) is 13.9. The van der Waals surface area contributed by atoms with Gasteiger partial charge in [-0.1, -0.05) is 79.7 Å². The zero-order valence-corrected chi connectivity index (χ0v) is 23.5. The van der Waals surface area contributed by atoms with Crippen LogP contribution in [0.2, 0.25) is 0 Å². The van der Waals surface area contributed by atoms with Crippen molar-refractivity contribution in [3.05, 3.63) is 131 Å². The predicted molar refractivity (Wildman–Crippen MR) is 164 cm³/mol. The monoisotopic (exact) mass is 547 g/mol. The smallest absolute Gasteiger partial charge is 0.343 e. The molecule has 4 aromatic carbocycles. The van der Waals surface area contributed by atoms with Gasteiger partial charge in [0.2, 0.25) is 0 Å². The molecule has 210 valence electrons. The standard InChI is InChI=1S/C36H37NO4/c1-2-34(27-11-5-3-6-12-27)35(29-17-21-33(22-18-29)41-36(39)30-13-7-4-8-14-30)28-15-19-32(20-16-28)40-26-31(38)25-37-23-9-10-24-37/h3-8,11-22,31,38H,2,9-10,23-26H2,1H3/b35-34+. The summed E-state index contributed by atoms with van der Waals surface area (Å²) < 4.78 is 11.6. The fourth-order valence-corrected chi connectivity index (χ4v) is 5.34. The number of carbonyl (C=O) groups excluding carboxylic acids is 1.